The van der Waals surface area contributed by atoms with E-state index in [4.69, 9.17) is 29.6 Å². The van der Waals surface area contributed by atoms with Crippen LogP contribution in [0.5, 0.6) is 5.75 Å². The highest BCUT2D eigenvalue weighted by molar-refractivity contribution is 7.80. The van der Waals surface area contributed by atoms with Crippen LogP contribution in [-0.2, 0) is 0 Å². The Bertz CT molecular complexity index is 479. The van der Waals surface area contributed by atoms with Gasteiger partial charge in [-0.25, -0.2) is 0 Å². The number of hydrogen-bond donors (Lipinski definition) is 2. The number of carbonyl (C=O) groups is 1. The second-order valence-electron chi connectivity index (χ2n) is 4.10. The molecule has 18 heavy (non-hydrogen) atoms. The maximum atomic E-state index is 12.1. The van der Waals surface area contributed by atoms with Crippen LogP contribution in [0.2, 0.25) is 5.02 Å². The Hall–Kier alpha value is -1.33. The monoisotopic (exact) mass is 286 g/mol. The first-order valence-electron chi connectivity index (χ1n) is 5.37. The molecule has 1 aromatic rings. The van der Waals surface area contributed by atoms with E-state index in [2.05, 4.69) is 0 Å². The van der Waals surface area contributed by atoms with Crippen molar-refractivity contribution < 1.29 is 9.90 Å². The normalized spacial score (nSPS) is 11.9. The van der Waals surface area contributed by atoms with Gasteiger partial charge in [0, 0.05) is 24.5 Å². The fourth-order valence-electron chi connectivity index (χ4n) is 1.50. The van der Waals surface area contributed by atoms with E-state index in [0.29, 0.717) is 16.4 Å². The van der Waals surface area contributed by atoms with Gasteiger partial charge in [0.2, 0.25) is 0 Å². The molecule has 0 aliphatic rings. The Balaban J connectivity index is 2.89. The van der Waals surface area contributed by atoms with E-state index in [9.17, 15) is 9.90 Å². The number of nitrogens with zero attached hydrogens (tertiary/aromatic N) is 1. The second kappa shape index (κ2) is 6.02. The lowest BCUT2D eigenvalue weighted by atomic mass is 10.1. The highest BCUT2D eigenvalue weighted by Crippen LogP contribution is 2.23. The summed E-state index contributed by atoms with van der Waals surface area (Å²) in [7, 11) is 1.64. The lowest BCUT2D eigenvalue weighted by Crippen LogP contribution is -2.37. The van der Waals surface area contributed by atoms with E-state index in [1.165, 1.54) is 17.0 Å². The number of hydrogen-bond acceptors (Lipinski definition) is 3. The standard InChI is InChI=1S/C12H15ClN2O2S/c1-7(5-11(14)18)15(2)12(17)9-4-3-8(13)6-10(9)16/h3-4,6-7,16H,5H2,1-2H3,(H2,14,18). The van der Waals surface area contributed by atoms with Crippen molar-refractivity contribution in [2.75, 3.05) is 7.05 Å². The van der Waals surface area contributed by atoms with Crippen molar-refractivity contribution in [2.24, 2.45) is 5.73 Å². The van der Waals surface area contributed by atoms with Crippen LogP contribution >= 0.6 is 23.8 Å². The lowest BCUT2D eigenvalue weighted by Gasteiger charge is -2.25. The summed E-state index contributed by atoms with van der Waals surface area (Å²) >= 11 is 10.5. The second-order valence-corrected chi connectivity index (χ2v) is 5.06. The molecular formula is C12H15ClN2O2S. The molecule has 3 N–H and O–H groups in total. The van der Waals surface area contributed by atoms with Crippen molar-refractivity contribution >= 4 is 34.7 Å². The van der Waals surface area contributed by atoms with E-state index in [1.54, 1.807) is 13.1 Å². The van der Waals surface area contributed by atoms with Gasteiger partial charge in [-0.3, -0.25) is 4.79 Å². The van der Waals surface area contributed by atoms with Crippen LogP contribution < -0.4 is 5.73 Å². The third-order valence-electron chi connectivity index (χ3n) is 2.67. The topological polar surface area (TPSA) is 66.6 Å². The Morgan fingerprint density at radius 2 is 2.22 bits per heavy atom. The third-order valence-corrected chi connectivity index (χ3v) is 3.07. The summed E-state index contributed by atoms with van der Waals surface area (Å²) < 4.78 is 0. The molecule has 1 rings (SSSR count). The molecule has 1 amide bonds. The highest BCUT2D eigenvalue weighted by atomic mass is 35.5. The van der Waals surface area contributed by atoms with Crippen LogP contribution in [0.25, 0.3) is 0 Å². The molecule has 6 heteroatoms. The van der Waals surface area contributed by atoms with Crippen molar-refractivity contribution in [1.82, 2.24) is 4.90 Å². The maximum absolute atomic E-state index is 12.1. The van der Waals surface area contributed by atoms with E-state index in [-0.39, 0.29) is 23.3 Å². The molecular weight excluding hydrogens is 272 g/mol. The summed E-state index contributed by atoms with van der Waals surface area (Å²) in [4.78, 5) is 14.0. The summed E-state index contributed by atoms with van der Waals surface area (Å²) in [5.41, 5.74) is 5.65. The van der Waals surface area contributed by atoms with Gasteiger partial charge in [0.15, 0.2) is 0 Å². The van der Waals surface area contributed by atoms with Crippen molar-refractivity contribution in [1.29, 1.82) is 0 Å². The summed E-state index contributed by atoms with van der Waals surface area (Å²) in [6.45, 7) is 1.84. The molecule has 98 valence electrons. The number of phenols is 1. The highest BCUT2D eigenvalue weighted by Gasteiger charge is 2.20. The van der Waals surface area contributed by atoms with Crippen LogP contribution in [0.1, 0.15) is 23.7 Å². The van der Waals surface area contributed by atoms with Crippen LogP contribution in [0.3, 0.4) is 0 Å². The number of nitrogens with two attached hydrogens (primary N) is 1. The Labute approximate surface area is 116 Å². The molecule has 0 aliphatic carbocycles. The first kappa shape index (κ1) is 14.7. The molecule has 1 atom stereocenters. The lowest BCUT2D eigenvalue weighted by molar-refractivity contribution is 0.0745. The number of phenolic OH excluding ortho intramolecular Hbond substituents is 1. The van der Waals surface area contributed by atoms with Gasteiger partial charge in [0.25, 0.3) is 5.91 Å². The number of rotatable bonds is 4. The predicted molar refractivity (Wildman–Crippen MR) is 76.1 cm³/mol. The molecule has 0 spiro atoms. The van der Waals surface area contributed by atoms with Gasteiger partial charge in [0.1, 0.15) is 5.75 Å². The smallest absolute Gasteiger partial charge is 0.257 e. The molecule has 0 aromatic heterocycles. The Morgan fingerprint density at radius 3 is 2.72 bits per heavy atom. The van der Waals surface area contributed by atoms with Gasteiger partial charge < -0.3 is 15.7 Å². The zero-order valence-electron chi connectivity index (χ0n) is 10.2. The maximum Gasteiger partial charge on any atom is 0.257 e. The van der Waals surface area contributed by atoms with Crippen molar-refractivity contribution in [3.63, 3.8) is 0 Å². The average Bonchev–Trinajstić information content (AvgIpc) is 2.26. The molecule has 4 nitrogen and oxygen atoms in total. The summed E-state index contributed by atoms with van der Waals surface area (Å²) in [5, 5.41) is 10.1. The van der Waals surface area contributed by atoms with E-state index in [1.807, 2.05) is 6.92 Å². The minimum atomic E-state index is -0.298. The molecule has 0 heterocycles. The van der Waals surface area contributed by atoms with E-state index >= 15 is 0 Å². The molecule has 0 fully saturated rings. The first-order chi connectivity index (χ1) is 8.32. The van der Waals surface area contributed by atoms with Crippen LogP contribution in [0.4, 0.5) is 0 Å². The largest absolute Gasteiger partial charge is 0.507 e. The fraction of sp³-hybridized carbons (Fsp3) is 0.333. The van der Waals surface area contributed by atoms with Gasteiger partial charge in [-0.05, 0) is 25.1 Å². The molecule has 0 aliphatic heterocycles. The zero-order valence-corrected chi connectivity index (χ0v) is 11.8. The number of thiocarbonyl (C=S) groups is 1. The average molecular weight is 287 g/mol. The van der Waals surface area contributed by atoms with Crippen molar-refractivity contribution in [3.05, 3.63) is 28.8 Å². The van der Waals surface area contributed by atoms with Gasteiger partial charge in [-0.1, -0.05) is 23.8 Å². The van der Waals surface area contributed by atoms with Gasteiger partial charge in [-0.2, -0.15) is 0 Å². The number of halogens is 1. The summed E-state index contributed by atoms with van der Waals surface area (Å²) in [5.74, 6) is -0.435. The minimum Gasteiger partial charge on any atom is -0.507 e. The van der Waals surface area contributed by atoms with Crippen LogP contribution in [-0.4, -0.2) is 34.0 Å². The number of benzene rings is 1. The SMILES string of the molecule is CC(CC(N)=S)N(C)C(=O)c1ccc(Cl)cc1O. The number of amides is 1. The summed E-state index contributed by atoms with van der Waals surface area (Å²) in [6.07, 6.45) is 0.436. The minimum absolute atomic E-state index is 0.134. The molecule has 0 bridgehead atoms. The Morgan fingerprint density at radius 1 is 1.61 bits per heavy atom. The van der Waals surface area contributed by atoms with Gasteiger partial charge >= 0.3 is 0 Å². The van der Waals surface area contributed by atoms with Crippen LogP contribution in [0, 0.1) is 0 Å². The fourth-order valence-corrected chi connectivity index (χ4v) is 1.91. The molecule has 0 saturated heterocycles. The molecule has 1 aromatic carbocycles. The van der Waals surface area contributed by atoms with Crippen molar-refractivity contribution in [2.45, 2.75) is 19.4 Å². The molecule has 0 saturated carbocycles. The predicted octanol–water partition coefficient (Wildman–Crippen LogP) is 2.18. The number of aromatic hydroxyl groups is 1. The summed E-state index contributed by atoms with van der Waals surface area (Å²) in [6, 6.07) is 4.25. The molecule has 0 radical (unpaired) electrons. The zero-order chi connectivity index (χ0) is 13.9. The van der Waals surface area contributed by atoms with Gasteiger partial charge in [0.05, 0.1) is 10.6 Å². The quantitative estimate of drug-likeness (QED) is 0.833. The first-order valence-corrected chi connectivity index (χ1v) is 6.15. The Kier molecular flexibility index (Phi) is 4.93. The third kappa shape index (κ3) is 3.58. The number of carbonyl (C=O) groups excluding carboxylic acids is 1. The molecule has 1 unspecified atom stereocenters. The van der Waals surface area contributed by atoms with Gasteiger partial charge in [-0.15, -0.1) is 0 Å². The van der Waals surface area contributed by atoms with E-state index < -0.39 is 0 Å². The van der Waals surface area contributed by atoms with Crippen LogP contribution in [0.15, 0.2) is 18.2 Å². The van der Waals surface area contributed by atoms with Crippen molar-refractivity contribution in [3.8, 4) is 5.75 Å². The van der Waals surface area contributed by atoms with E-state index in [0.717, 1.165) is 0 Å².